The predicted molar refractivity (Wildman–Crippen MR) is 109 cm³/mol. The third-order valence-corrected chi connectivity index (χ3v) is 6.09. The fraction of sp³-hybridized carbons (Fsp3) is 0.350. The molecule has 0 aliphatic carbocycles. The van der Waals surface area contributed by atoms with E-state index >= 15 is 0 Å². The second-order valence-corrected chi connectivity index (χ2v) is 8.65. The van der Waals surface area contributed by atoms with Crippen LogP contribution in [0, 0.1) is 0 Å². The van der Waals surface area contributed by atoms with Gasteiger partial charge in [-0.1, -0.05) is 26.0 Å². The number of carbonyl (C=O) groups excluding carboxylic acids is 1. The number of anilines is 1. The molecule has 1 N–H and O–H groups in total. The molecule has 8 heteroatoms. The van der Waals surface area contributed by atoms with Gasteiger partial charge < -0.3 is 14.8 Å². The van der Waals surface area contributed by atoms with E-state index in [9.17, 15) is 13.2 Å². The number of hydrogen-bond donors (Lipinski definition) is 1. The Morgan fingerprint density at radius 3 is 2.18 bits per heavy atom. The van der Waals surface area contributed by atoms with Crippen LogP contribution in [0.5, 0.6) is 11.5 Å². The van der Waals surface area contributed by atoms with Gasteiger partial charge in [0.1, 0.15) is 0 Å². The molecule has 0 radical (unpaired) electrons. The summed E-state index contributed by atoms with van der Waals surface area (Å²) in [5.41, 5.74) is 1.78. The van der Waals surface area contributed by atoms with Crippen LogP contribution < -0.4 is 14.8 Å². The lowest BCUT2D eigenvalue weighted by atomic mass is 10.0. The molecule has 1 amide bonds. The third kappa shape index (κ3) is 5.02. The molecule has 0 fully saturated rings. The minimum Gasteiger partial charge on any atom is -0.493 e. The van der Waals surface area contributed by atoms with Gasteiger partial charge in [-0.3, -0.25) is 4.79 Å². The number of amides is 1. The zero-order valence-corrected chi connectivity index (χ0v) is 17.5. The van der Waals surface area contributed by atoms with Gasteiger partial charge in [-0.05, 0) is 35.7 Å². The molecular formula is C20H26N2O5S. The summed E-state index contributed by atoms with van der Waals surface area (Å²) in [6.07, 6.45) is 0. The zero-order chi connectivity index (χ0) is 20.9. The number of nitrogens with one attached hydrogen (secondary N) is 1. The molecule has 0 spiro atoms. The highest BCUT2D eigenvalue weighted by Gasteiger charge is 2.24. The Morgan fingerprint density at radius 1 is 1.04 bits per heavy atom. The molecule has 2 aromatic carbocycles. The van der Waals surface area contributed by atoms with Crippen LogP contribution in [0.2, 0.25) is 0 Å². The molecule has 0 aliphatic rings. The quantitative estimate of drug-likeness (QED) is 0.728. The highest BCUT2D eigenvalue weighted by Crippen LogP contribution is 2.30. The SMILES string of the molecule is COc1ccc(S(=O)(=O)N(C)CC(=O)Nc2ccc(C(C)C)cc2)cc1OC. The maximum atomic E-state index is 12.8. The average Bonchev–Trinajstić information content (AvgIpc) is 2.67. The van der Waals surface area contributed by atoms with Crippen LogP contribution >= 0.6 is 0 Å². The van der Waals surface area contributed by atoms with Crippen molar-refractivity contribution in [2.45, 2.75) is 24.7 Å². The summed E-state index contributed by atoms with van der Waals surface area (Å²) in [4.78, 5) is 12.3. The van der Waals surface area contributed by atoms with E-state index in [0.29, 0.717) is 23.1 Å². The first-order valence-corrected chi connectivity index (χ1v) is 10.2. The predicted octanol–water partition coefficient (Wildman–Crippen LogP) is 3.09. The topological polar surface area (TPSA) is 84.9 Å². The van der Waals surface area contributed by atoms with E-state index in [0.717, 1.165) is 9.87 Å². The molecule has 0 aliphatic heterocycles. The first-order chi connectivity index (χ1) is 13.2. The molecule has 0 saturated carbocycles. The van der Waals surface area contributed by atoms with Gasteiger partial charge in [0.15, 0.2) is 11.5 Å². The Kier molecular flexibility index (Phi) is 7.04. The van der Waals surface area contributed by atoms with Crippen molar-refractivity contribution in [3.8, 4) is 11.5 Å². The number of benzene rings is 2. The van der Waals surface area contributed by atoms with E-state index < -0.39 is 15.9 Å². The lowest BCUT2D eigenvalue weighted by molar-refractivity contribution is -0.116. The minimum atomic E-state index is -3.86. The third-order valence-electron chi connectivity index (χ3n) is 4.29. The van der Waals surface area contributed by atoms with Crippen LogP contribution in [-0.2, 0) is 14.8 Å². The van der Waals surface area contributed by atoms with Crippen LogP contribution in [0.15, 0.2) is 47.4 Å². The number of nitrogens with zero attached hydrogens (tertiary/aromatic N) is 1. The maximum Gasteiger partial charge on any atom is 0.243 e. The highest BCUT2D eigenvalue weighted by molar-refractivity contribution is 7.89. The highest BCUT2D eigenvalue weighted by atomic mass is 32.2. The van der Waals surface area contributed by atoms with Gasteiger partial charge in [-0.2, -0.15) is 4.31 Å². The fourth-order valence-electron chi connectivity index (χ4n) is 2.60. The minimum absolute atomic E-state index is 0.0155. The van der Waals surface area contributed by atoms with Gasteiger partial charge in [0.2, 0.25) is 15.9 Å². The molecule has 152 valence electrons. The van der Waals surface area contributed by atoms with Gasteiger partial charge in [0.05, 0.1) is 25.7 Å². The Bertz CT molecular complexity index is 924. The van der Waals surface area contributed by atoms with Gasteiger partial charge >= 0.3 is 0 Å². The van der Waals surface area contributed by atoms with Crippen molar-refractivity contribution >= 4 is 21.6 Å². The monoisotopic (exact) mass is 406 g/mol. The van der Waals surface area contributed by atoms with Crippen molar-refractivity contribution in [1.82, 2.24) is 4.31 Å². The lowest BCUT2D eigenvalue weighted by Crippen LogP contribution is -2.35. The number of ether oxygens (including phenoxy) is 2. The summed E-state index contributed by atoms with van der Waals surface area (Å²) < 4.78 is 36.8. The number of likely N-dealkylation sites (N-methyl/N-ethyl adjacent to an activating group) is 1. The Balaban J connectivity index is 2.10. The normalized spacial score (nSPS) is 11.5. The van der Waals surface area contributed by atoms with Crippen LogP contribution in [0.25, 0.3) is 0 Å². The maximum absolute atomic E-state index is 12.8. The van der Waals surface area contributed by atoms with Gasteiger partial charge in [0, 0.05) is 18.8 Å². The number of sulfonamides is 1. The van der Waals surface area contributed by atoms with Crippen LogP contribution in [0.3, 0.4) is 0 Å². The second kappa shape index (κ2) is 9.07. The molecular weight excluding hydrogens is 380 g/mol. The van der Waals surface area contributed by atoms with Gasteiger partial charge in [-0.25, -0.2) is 8.42 Å². The summed E-state index contributed by atoms with van der Waals surface area (Å²) in [5, 5.41) is 2.71. The van der Waals surface area contributed by atoms with E-state index in [1.165, 1.54) is 39.5 Å². The average molecular weight is 407 g/mol. The Morgan fingerprint density at radius 2 is 1.64 bits per heavy atom. The van der Waals surface area contributed by atoms with E-state index in [1.54, 1.807) is 12.1 Å². The van der Waals surface area contributed by atoms with Crippen LogP contribution in [0.1, 0.15) is 25.3 Å². The summed E-state index contributed by atoms with van der Waals surface area (Å²) >= 11 is 0. The van der Waals surface area contributed by atoms with E-state index in [-0.39, 0.29) is 11.4 Å². The Labute approximate surface area is 166 Å². The van der Waals surface area contributed by atoms with E-state index in [1.807, 2.05) is 12.1 Å². The Hall–Kier alpha value is -2.58. The van der Waals surface area contributed by atoms with Crippen LogP contribution in [-0.4, -0.2) is 46.4 Å². The largest absolute Gasteiger partial charge is 0.493 e. The number of rotatable bonds is 8. The van der Waals surface area contributed by atoms with E-state index in [4.69, 9.17) is 9.47 Å². The number of carbonyl (C=O) groups is 1. The molecule has 0 aromatic heterocycles. The molecule has 2 aromatic rings. The van der Waals surface area contributed by atoms with Crippen molar-refractivity contribution in [1.29, 1.82) is 0 Å². The smallest absolute Gasteiger partial charge is 0.243 e. The van der Waals surface area contributed by atoms with Crippen molar-refractivity contribution in [2.75, 3.05) is 33.1 Å². The summed E-state index contributed by atoms with van der Waals surface area (Å²) in [7, 11) is 0.385. The molecule has 0 atom stereocenters. The van der Waals surface area contributed by atoms with Gasteiger partial charge in [-0.15, -0.1) is 0 Å². The number of methoxy groups -OCH3 is 2. The molecule has 0 saturated heterocycles. The fourth-order valence-corrected chi connectivity index (χ4v) is 3.74. The van der Waals surface area contributed by atoms with Crippen LogP contribution in [0.4, 0.5) is 5.69 Å². The summed E-state index contributed by atoms with van der Waals surface area (Å²) in [6.45, 7) is 3.85. The molecule has 0 bridgehead atoms. The zero-order valence-electron chi connectivity index (χ0n) is 16.7. The standard InChI is InChI=1S/C20H26N2O5S/c1-14(2)15-6-8-16(9-7-15)21-20(23)13-22(3)28(24,25)17-10-11-18(26-4)19(12-17)27-5/h6-12,14H,13H2,1-5H3,(H,21,23). The molecule has 0 heterocycles. The molecule has 28 heavy (non-hydrogen) atoms. The van der Waals surface area contributed by atoms with Crippen molar-refractivity contribution in [3.63, 3.8) is 0 Å². The second-order valence-electron chi connectivity index (χ2n) is 6.60. The molecule has 0 unspecified atom stereocenters. The summed E-state index contributed by atoms with van der Waals surface area (Å²) in [6, 6.07) is 11.8. The molecule has 2 rings (SSSR count). The van der Waals surface area contributed by atoms with Crippen molar-refractivity contribution < 1.29 is 22.7 Å². The summed E-state index contributed by atoms with van der Waals surface area (Å²) in [5.74, 6) is 0.685. The van der Waals surface area contributed by atoms with Crippen molar-refractivity contribution in [3.05, 3.63) is 48.0 Å². The number of hydrogen-bond acceptors (Lipinski definition) is 5. The van der Waals surface area contributed by atoms with Crippen molar-refractivity contribution in [2.24, 2.45) is 0 Å². The van der Waals surface area contributed by atoms with E-state index in [2.05, 4.69) is 19.2 Å². The van der Waals surface area contributed by atoms with Gasteiger partial charge in [0.25, 0.3) is 0 Å². The molecule has 7 nitrogen and oxygen atoms in total. The first-order valence-electron chi connectivity index (χ1n) is 8.77. The lowest BCUT2D eigenvalue weighted by Gasteiger charge is -2.18. The first kappa shape index (κ1) is 21.7.